The second kappa shape index (κ2) is 8.54. The quantitative estimate of drug-likeness (QED) is 0.360. The third-order valence-electron chi connectivity index (χ3n) is 7.00. The second-order valence-corrected chi connectivity index (χ2v) is 9.49. The number of hydrogen-bond donors (Lipinski definition) is 2. The Kier molecular flexibility index (Phi) is 6.33. The lowest BCUT2D eigenvalue weighted by Gasteiger charge is -2.32. The number of likely N-dealkylation sites (N-methyl/N-ethyl adjacent to an activating group) is 2. The predicted molar refractivity (Wildman–Crippen MR) is 117 cm³/mol. The molecule has 0 bridgehead atoms. The molecule has 0 radical (unpaired) electrons. The molecule has 1 aliphatic carbocycles. The van der Waals surface area contributed by atoms with Crippen molar-refractivity contribution in [3.8, 4) is 0 Å². The zero-order chi connectivity index (χ0) is 23.8. The molecule has 2 fully saturated rings. The fourth-order valence-corrected chi connectivity index (χ4v) is 4.15. The summed E-state index contributed by atoms with van der Waals surface area (Å²) in [7, 11) is 2.99. The molecule has 9 heteroatoms. The van der Waals surface area contributed by atoms with Gasteiger partial charge in [0, 0.05) is 19.5 Å². The molecule has 174 valence electrons. The number of urea groups is 1. The summed E-state index contributed by atoms with van der Waals surface area (Å²) in [6.07, 6.45) is 2.81. The Morgan fingerprint density at radius 2 is 1.78 bits per heavy atom. The topological polar surface area (TPSA) is 110 Å². The van der Waals surface area contributed by atoms with E-state index in [0.717, 1.165) is 16.9 Å². The highest BCUT2D eigenvalue weighted by Gasteiger charge is 2.54. The molecule has 1 aromatic carbocycles. The van der Waals surface area contributed by atoms with Crippen molar-refractivity contribution >= 4 is 23.8 Å². The summed E-state index contributed by atoms with van der Waals surface area (Å²) in [5.41, 5.74) is 2.27. The number of benzene rings is 1. The maximum Gasteiger partial charge on any atom is 0.327 e. The van der Waals surface area contributed by atoms with Gasteiger partial charge in [0.15, 0.2) is 0 Å². The van der Waals surface area contributed by atoms with Gasteiger partial charge in [-0.3, -0.25) is 24.5 Å². The lowest BCUT2D eigenvalue weighted by molar-refractivity contribution is -0.148. The highest BCUT2D eigenvalue weighted by molar-refractivity contribution is 6.07. The molecule has 2 N–H and O–H groups in total. The predicted octanol–water partition coefficient (Wildman–Crippen LogP) is 1.71. The molecule has 1 aliphatic heterocycles. The van der Waals surface area contributed by atoms with E-state index in [1.54, 1.807) is 19.3 Å². The number of carbonyl (C=O) groups excluding carboxylic acids is 4. The van der Waals surface area contributed by atoms with Gasteiger partial charge >= 0.3 is 6.03 Å². The number of hydrogen-bond acceptors (Lipinski definition) is 5. The zero-order valence-corrected chi connectivity index (χ0v) is 19.3. The molecule has 32 heavy (non-hydrogen) atoms. The Balaban J connectivity index is 1.74. The molecule has 1 saturated carbocycles. The molecule has 0 spiro atoms. The number of amides is 5. The maximum absolute atomic E-state index is 13.4. The molecule has 1 atom stereocenters. The summed E-state index contributed by atoms with van der Waals surface area (Å²) < 4.78 is 0. The number of hydroxylamine groups is 1. The van der Waals surface area contributed by atoms with E-state index in [2.05, 4.69) is 0 Å². The zero-order valence-electron chi connectivity index (χ0n) is 19.3. The van der Waals surface area contributed by atoms with E-state index < -0.39 is 34.8 Å². The summed E-state index contributed by atoms with van der Waals surface area (Å²) in [5, 5.41) is 9.25. The Morgan fingerprint density at radius 3 is 2.25 bits per heavy atom. The van der Waals surface area contributed by atoms with E-state index in [1.807, 2.05) is 31.2 Å². The van der Waals surface area contributed by atoms with Crippen LogP contribution >= 0.6 is 0 Å². The molecular formula is C23H32N4O5. The summed E-state index contributed by atoms with van der Waals surface area (Å²) >= 11 is 0. The lowest BCUT2D eigenvalue weighted by atomic mass is 9.94. The normalized spacial score (nSPS) is 19.7. The molecular weight excluding hydrogens is 412 g/mol. The van der Waals surface area contributed by atoms with Gasteiger partial charge in [-0.2, -0.15) is 0 Å². The first-order valence-electron chi connectivity index (χ1n) is 10.8. The minimum atomic E-state index is -1.19. The van der Waals surface area contributed by atoms with Crippen molar-refractivity contribution in [1.82, 2.24) is 20.2 Å². The summed E-state index contributed by atoms with van der Waals surface area (Å²) in [6, 6.07) is 6.42. The highest BCUT2D eigenvalue weighted by Crippen LogP contribution is 2.51. The Labute approximate surface area is 188 Å². The number of aryl methyl sites for hydroxylation is 2. The molecule has 1 saturated heterocycles. The first-order chi connectivity index (χ1) is 14.9. The van der Waals surface area contributed by atoms with Crippen LogP contribution in [0, 0.1) is 12.3 Å². The molecule has 1 heterocycles. The van der Waals surface area contributed by atoms with E-state index in [9.17, 15) is 24.4 Å². The van der Waals surface area contributed by atoms with Crippen molar-refractivity contribution in [2.75, 3.05) is 20.6 Å². The van der Waals surface area contributed by atoms with Crippen LogP contribution in [0.5, 0.6) is 0 Å². The first kappa shape index (κ1) is 23.7. The number of imide groups is 1. The number of carbonyl (C=O) groups is 4. The van der Waals surface area contributed by atoms with Crippen LogP contribution in [-0.2, 0) is 20.8 Å². The summed E-state index contributed by atoms with van der Waals surface area (Å²) in [6.45, 7) is 4.93. The van der Waals surface area contributed by atoms with Crippen molar-refractivity contribution in [2.45, 2.75) is 58.0 Å². The van der Waals surface area contributed by atoms with E-state index in [0.29, 0.717) is 19.3 Å². The van der Waals surface area contributed by atoms with Crippen molar-refractivity contribution in [3.05, 3.63) is 35.4 Å². The van der Waals surface area contributed by atoms with Crippen LogP contribution in [0.3, 0.4) is 0 Å². The lowest BCUT2D eigenvalue weighted by Crippen LogP contribution is -2.55. The van der Waals surface area contributed by atoms with Gasteiger partial charge in [0.1, 0.15) is 11.6 Å². The maximum atomic E-state index is 13.4. The van der Waals surface area contributed by atoms with Gasteiger partial charge in [-0.25, -0.2) is 10.3 Å². The van der Waals surface area contributed by atoms with Gasteiger partial charge in [-0.15, -0.1) is 0 Å². The molecule has 9 nitrogen and oxygen atoms in total. The number of nitrogens with zero attached hydrogens (tertiary/aromatic N) is 3. The third-order valence-corrected chi connectivity index (χ3v) is 7.00. The fourth-order valence-electron chi connectivity index (χ4n) is 4.15. The molecule has 5 amide bonds. The van der Waals surface area contributed by atoms with Crippen molar-refractivity contribution in [2.24, 2.45) is 5.41 Å². The SMILES string of the molecule is Cc1ccc(CCC2(C(=O)N(C)C(CN3C(=O)N(C)C(C)(C)C3=O)C(=O)NO)CC2)cc1. The van der Waals surface area contributed by atoms with Gasteiger partial charge in [0.05, 0.1) is 6.54 Å². The van der Waals surface area contributed by atoms with Crippen LogP contribution in [0.25, 0.3) is 0 Å². The highest BCUT2D eigenvalue weighted by atomic mass is 16.5. The van der Waals surface area contributed by atoms with Crippen LogP contribution in [0.4, 0.5) is 4.79 Å². The van der Waals surface area contributed by atoms with Gasteiger partial charge in [-0.05, 0) is 52.0 Å². The minimum absolute atomic E-state index is 0.218. The Hall–Kier alpha value is -2.94. The number of rotatable bonds is 8. The molecule has 1 aromatic rings. The molecule has 0 aromatic heterocycles. The van der Waals surface area contributed by atoms with Crippen LogP contribution in [0.2, 0.25) is 0 Å². The Morgan fingerprint density at radius 1 is 1.19 bits per heavy atom. The second-order valence-electron chi connectivity index (χ2n) is 9.49. The Bertz CT molecular complexity index is 923. The van der Waals surface area contributed by atoms with Crippen molar-refractivity contribution in [3.63, 3.8) is 0 Å². The minimum Gasteiger partial charge on any atom is -0.331 e. The van der Waals surface area contributed by atoms with Crippen molar-refractivity contribution in [1.29, 1.82) is 0 Å². The summed E-state index contributed by atoms with van der Waals surface area (Å²) in [5.74, 6) is -1.52. The number of nitrogens with one attached hydrogen (secondary N) is 1. The standard InChI is InChI=1S/C23H32N4O5/c1-15-6-8-16(9-7-15)10-11-23(12-13-23)20(30)25(4)17(18(28)24-32)14-27-19(29)22(2,3)26(5)21(27)31/h6-9,17,32H,10-14H2,1-5H3,(H,24,28). The van der Waals surface area contributed by atoms with E-state index in [-0.39, 0.29) is 12.5 Å². The fraction of sp³-hybridized carbons (Fsp3) is 0.565. The third kappa shape index (κ3) is 4.21. The van der Waals surface area contributed by atoms with Gasteiger partial charge in [0.25, 0.3) is 11.8 Å². The van der Waals surface area contributed by atoms with Crippen LogP contribution in [0.1, 0.15) is 44.2 Å². The van der Waals surface area contributed by atoms with Crippen LogP contribution in [0.15, 0.2) is 24.3 Å². The summed E-state index contributed by atoms with van der Waals surface area (Å²) in [4.78, 5) is 54.7. The van der Waals surface area contributed by atoms with Gasteiger partial charge < -0.3 is 9.80 Å². The van der Waals surface area contributed by atoms with Crippen LogP contribution in [-0.4, -0.2) is 75.9 Å². The van der Waals surface area contributed by atoms with Gasteiger partial charge in [0.2, 0.25) is 5.91 Å². The monoisotopic (exact) mass is 444 g/mol. The molecule has 1 unspecified atom stereocenters. The first-order valence-corrected chi connectivity index (χ1v) is 10.8. The van der Waals surface area contributed by atoms with E-state index in [4.69, 9.17) is 0 Å². The van der Waals surface area contributed by atoms with Crippen molar-refractivity contribution < 1.29 is 24.4 Å². The van der Waals surface area contributed by atoms with E-state index in [1.165, 1.54) is 29.5 Å². The molecule has 2 aliphatic rings. The molecule has 3 rings (SSSR count). The van der Waals surface area contributed by atoms with Crippen LogP contribution < -0.4 is 5.48 Å². The van der Waals surface area contributed by atoms with Gasteiger partial charge in [-0.1, -0.05) is 29.8 Å². The average molecular weight is 445 g/mol. The largest absolute Gasteiger partial charge is 0.331 e. The smallest absolute Gasteiger partial charge is 0.327 e. The van der Waals surface area contributed by atoms with E-state index >= 15 is 0 Å². The average Bonchev–Trinajstić information content (AvgIpc) is 3.55.